The van der Waals surface area contributed by atoms with Gasteiger partial charge in [0.2, 0.25) is 5.75 Å². The topological polar surface area (TPSA) is 78.4 Å². The van der Waals surface area contributed by atoms with Gasteiger partial charge in [0.1, 0.15) is 5.75 Å². The van der Waals surface area contributed by atoms with Crippen LogP contribution in [0.3, 0.4) is 0 Å². The standard InChI is InChI=1S/C15H14Cl2N2O4S/c1-9-3-2-4-11(10-5-6-10)14(9)22-15-12(7-13(17)18-19-15)23-24(20,21)8-16/h2-4,7,10H,5-6,8H2,1H3. The molecule has 0 atom stereocenters. The molecule has 0 amide bonds. The van der Waals surface area contributed by atoms with E-state index in [0.717, 1.165) is 24.0 Å². The molecule has 0 bridgehead atoms. The zero-order valence-corrected chi connectivity index (χ0v) is 15.0. The first-order valence-electron chi connectivity index (χ1n) is 7.18. The number of rotatable bonds is 6. The van der Waals surface area contributed by atoms with E-state index in [4.69, 9.17) is 32.1 Å². The average Bonchev–Trinajstić information content (AvgIpc) is 3.36. The Morgan fingerprint density at radius 2 is 2.04 bits per heavy atom. The second kappa shape index (κ2) is 6.74. The van der Waals surface area contributed by atoms with Gasteiger partial charge < -0.3 is 8.92 Å². The van der Waals surface area contributed by atoms with Crippen molar-refractivity contribution in [1.82, 2.24) is 10.2 Å². The Kier molecular flexibility index (Phi) is 4.85. The molecule has 1 aliphatic rings. The summed E-state index contributed by atoms with van der Waals surface area (Å²) in [5, 5.41) is 6.79. The molecule has 6 nitrogen and oxygen atoms in total. The molecule has 128 valence electrons. The minimum absolute atomic E-state index is 0.0191. The van der Waals surface area contributed by atoms with Gasteiger partial charge in [-0.05, 0) is 36.8 Å². The molecule has 1 heterocycles. The zero-order chi connectivity index (χ0) is 17.3. The second-order valence-corrected chi connectivity index (χ2v) is 8.00. The maximum atomic E-state index is 11.6. The molecule has 1 aliphatic carbocycles. The van der Waals surface area contributed by atoms with Crippen molar-refractivity contribution in [3.63, 3.8) is 0 Å². The third-order valence-corrected chi connectivity index (χ3v) is 5.19. The molecule has 1 fully saturated rings. The quantitative estimate of drug-likeness (QED) is 0.549. The number of nitrogens with zero attached hydrogens (tertiary/aromatic N) is 2. The summed E-state index contributed by atoms with van der Waals surface area (Å²) in [6, 6.07) is 7.07. The van der Waals surface area contributed by atoms with Crippen LogP contribution in [0.4, 0.5) is 0 Å². The zero-order valence-electron chi connectivity index (χ0n) is 12.7. The maximum Gasteiger partial charge on any atom is 0.323 e. The number of aromatic nitrogens is 2. The number of hydrogen-bond acceptors (Lipinski definition) is 6. The van der Waals surface area contributed by atoms with E-state index in [2.05, 4.69) is 10.2 Å². The lowest BCUT2D eigenvalue weighted by atomic mass is 10.1. The molecule has 24 heavy (non-hydrogen) atoms. The van der Waals surface area contributed by atoms with Crippen LogP contribution in [-0.2, 0) is 10.1 Å². The summed E-state index contributed by atoms with van der Waals surface area (Å²) in [5.41, 5.74) is 1.96. The summed E-state index contributed by atoms with van der Waals surface area (Å²) in [7, 11) is -3.97. The van der Waals surface area contributed by atoms with Crippen molar-refractivity contribution in [3.8, 4) is 17.4 Å². The van der Waals surface area contributed by atoms with E-state index in [1.165, 1.54) is 6.07 Å². The second-order valence-electron chi connectivity index (χ2n) is 5.46. The van der Waals surface area contributed by atoms with Gasteiger partial charge in [-0.1, -0.05) is 29.8 Å². The normalized spacial score (nSPS) is 14.5. The van der Waals surface area contributed by atoms with Crippen LogP contribution >= 0.6 is 23.2 Å². The number of benzene rings is 1. The number of aryl methyl sites for hydroxylation is 1. The molecular weight excluding hydrogens is 375 g/mol. The summed E-state index contributed by atoms with van der Waals surface area (Å²) >= 11 is 11.2. The van der Waals surface area contributed by atoms with Gasteiger partial charge in [0.25, 0.3) is 5.88 Å². The van der Waals surface area contributed by atoms with Gasteiger partial charge in [0, 0.05) is 6.07 Å². The van der Waals surface area contributed by atoms with Gasteiger partial charge >= 0.3 is 10.1 Å². The molecule has 0 unspecified atom stereocenters. The van der Waals surface area contributed by atoms with E-state index >= 15 is 0 Å². The Bertz CT molecular complexity index is 870. The van der Waals surface area contributed by atoms with E-state index in [9.17, 15) is 8.42 Å². The third kappa shape index (κ3) is 3.91. The minimum Gasteiger partial charge on any atom is -0.434 e. The number of alkyl halides is 1. The van der Waals surface area contributed by atoms with Crippen molar-refractivity contribution in [2.45, 2.75) is 25.7 Å². The lowest BCUT2D eigenvalue weighted by molar-refractivity contribution is 0.411. The molecule has 1 saturated carbocycles. The number of halogens is 2. The molecule has 2 aromatic rings. The van der Waals surface area contributed by atoms with Gasteiger partial charge in [-0.25, -0.2) is 0 Å². The summed E-state index contributed by atoms with van der Waals surface area (Å²) in [6.45, 7) is 1.90. The van der Waals surface area contributed by atoms with Crippen molar-refractivity contribution >= 4 is 33.3 Å². The molecule has 1 aromatic carbocycles. The SMILES string of the molecule is Cc1cccc(C2CC2)c1Oc1nnc(Cl)cc1OS(=O)(=O)CCl. The predicted octanol–water partition coefficient (Wildman–Crippen LogP) is 4.01. The molecule has 0 N–H and O–H groups in total. The van der Waals surface area contributed by atoms with Crippen LogP contribution in [0.1, 0.15) is 29.9 Å². The summed E-state index contributed by atoms with van der Waals surface area (Å²) < 4.78 is 34.0. The fraction of sp³-hybridized carbons (Fsp3) is 0.333. The maximum absolute atomic E-state index is 11.6. The molecule has 0 saturated heterocycles. The highest BCUT2D eigenvalue weighted by molar-refractivity contribution is 7.88. The van der Waals surface area contributed by atoms with Crippen LogP contribution in [0, 0.1) is 6.92 Å². The molecular formula is C15H14Cl2N2O4S. The van der Waals surface area contributed by atoms with Crippen molar-refractivity contribution in [1.29, 1.82) is 0 Å². The van der Waals surface area contributed by atoms with Crippen molar-refractivity contribution in [2.24, 2.45) is 0 Å². The number of ether oxygens (including phenoxy) is 1. The fourth-order valence-corrected chi connectivity index (χ4v) is 2.97. The third-order valence-electron chi connectivity index (χ3n) is 3.51. The highest BCUT2D eigenvalue weighted by atomic mass is 35.5. The van der Waals surface area contributed by atoms with Crippen LogP contribution in [0.5, 0.6) is 17.4 Å². The lowest BCUT2D eigenvalue weighted by Crippen LogP contribution is -2.11. The Morgan fingerprint density at radius 3 is 2.71 bits per heavy atom. The number of hydrogen-bond donors (Lipinski definition) is 0. The van der Waals surface area contributed by atoms with Crippen LogP contribution in [0.25, 0.3) is 0 Å². The van der Waals surface area contributed by atoms with Crippen molar-refractivity contribution in [2.75, 3.05) is 5.21 Å². The summed E-state index contributed by atoms with van der Waals surface area (Å²) in [5.74, 6) is 0.839. The van der Waals surface area contributed by atoms with Gasteiger partial charge in [0.15, 0.2) is 10.4 Å². The Hall–Kier alpha value is -1.57. The van der Waals surface area contributed by atoms with Gasteiger partial charge in [-0.15, -0.1) is 21.8 Å². The molecule has 3 rings (SSSR count). The molecule has 0 aliphatic heterocycles. The van der Waals surface area contributed by atoms with Gasteiger partial charge in [-0.3, -0.25) is 0 Å². The first kappa shape index (κ1) is 17.3. The van der Waals surface area contributed by atoms with Crippen LogP contribution in [0.15, 0.2) is 24.3 Å². The number of para-hydroxylation sites is 1. The van der Waals surface area contributed by atoms with Gasteiger partial charge in [-0.2, -0.15) is 8.42 Å². The first-order valence-corrected chi connectivity index (χ1v) is 9.67. The monoisotopic (exact) mass is 388 g/mol. The molecule has 9 heteroatoms. The summed E-state index contributed by atoms with van der Waals surface area (Å²) in [4.78, 5) is 0. The predicted molar refractivity (Wildman–Crippen MR) is 90.5 cm³/mol. The Labute approximate surface area is 149 Å². The van der Waals surface area contributed by atoms with Crippen molar-refractivity contribution < 1.29 is 17.3 Å². The van der Waals surface area contributed by atoms with E-state index in [1.54, 1.807) is 0 Å². The van der Waals surface area contributed by atoms with E-state index in [-0.39, 0.29) is 16.8 Å². The van der Waals surface area contributed by atoms with Gasteiger partial charge in [0.05, 0.1) is 0 Å². The largest absolute Gasteiger partial charge is 0.434 e. The summed E-state index contributed by atoms with van der Waals surface area (Å²) in [6.07, 6.45) is 2.19. The Balaban J connectivity index is 1.99. The highest BCUT2D eigenvalue weighted by Crippen LogP contribution is 2.46. The van der Waals surface area contributed by atoms with Crippen molar-refractivity contribution in [3.05, 3.63) is 40.5 Å². The smallest absolute Gasteiger partial charge is 0.323 e. The van der Waals surface area contributed by atoms with Crippen LogP contribution in [0.2, 0.25) is 5.15 Å². The molecule has 0 radical (unpaired) electrons. The van der Waals surface area contributed by atoms with E-state index in [0.29, 0.717) is 11.7 Å². The van der Waals surface area contributed by atoms with E-state index in [1.807, 2.05) is 25.1 Å². The lowest BCUT2D eigenvalue weighted by Gasteiger charge is -2.14. The minimum atomic E-state index is -3.97. The molecule has 0 spiro atoms. The first-order chi connectivity index (χ1) is 11.4. The van der Waals surface area contributed by atoms with Crippen LogP contribution < -0.4 is 8.92 Å². The van der Waals surface area contributed by atoms with E-state index < -0.39 is 15.3 Å². The molecule has 1 aromatic heterocycles. The van der Waals surface area contributed by atoms with Crippen LogP contribution in [-0.4, -0.2) is 23.8 Å². The average molecular weight is 389 g/mol. The fourth-order valence-electron chi connectivity index (χ4n) is 2.26. The Morgan fingerprint density at radius 1 is 1.29 bits per heavy atom. The highest BCUT2D eigenvalue weighted by Gasteiger charge is 2.28.